The Bertz CT molecular complexity index is 2180. The fourth-order valence-electron chi connectivity index (χ4n) is 6.75. The number of hydrogen-bond acceptors (Lipinski definition) is 6. The summed E-state index contributed by atoms with van der Waals surface area (Å²) in [5.41, 5.74) is 0.675. The molecule has 0 aliphatic carbocycles. The number of rotatable bonds is 10. The maximum absolute atomic E-state index is 16.3. The van der Waals surface area contributed by atoms with E-state index in [1.807, 2.05) is 140 Å². The van der Waals surface area contributed by atoms with E-state index in [0.29, 0.717) is 17.2 Å². The zero-order chi connectivity index (χ0) is 37.8. The quantitative estimate of drug-likeness (QED) is 0.113. The number of benzene rings is 6. The van der Waals surface area contributed by atoms with E-state index in [0.717, 1.165) is 33.9 Å². The topological polar surface area (TPSA) is 64.4 Å². The Morgan fingerprint density at radius 3 is 1.67 bits per heavy atom. The molecule has 6 aromatic rings. The van der Waals surface area contributed by atoms with Gasteiger partial charge in [0.1, 0.15) is 29.4 Å². The molecule has 0 fully saturated rings. The van der Waals surface area contributed by atoms with Crippen LogP contribution in [-0.2, 0) is 15.9 Å². The van der Waals surface area contributed by atoms with E-state index in [2.05, 4.69) is 10.3 Å². The number of nitrogens with one attached hydrogen (secondary N) is 1. The summed E-state index contributed by atoms with van der Waals surface area (Å²) in [4.78, 5) is 9.13. The van der Waals surface area contributed by atoms with Gasteiger partial charge in [-0.05, 0) is 66.1 Å². The Kier molecular flexibility index (Phi) is 9.97. The molecule has 0 saturated carbocycles. The summed E-state index contributed by atoms with van der Waals surface area (Å²) in [5, 5.41) is 3.43. The highest BCUT2D eigenvalue weighted by Gasteiger charge is 2.58. The molecule has 1 atom stereocenters. The van der Waals surface area contributed by atoms with Crippen molar-refractivity contribution in [2.24, 2.45) is 9.98 Å². The predicted molar refractivity (Wildman–Crippen MR) is 206 cm³/mol. The number of ether oxygens (including phenoxy) is 3. The van der Waals surface area contributed by atoms with E-state index >= 15 is 13.2 Å². The number of methoxy groups -OCH3 is 2. The Hall–Kier alpha value is -6.35. The van der Waals surface area contributed by atoms with Crippen LogP contribution in [0.25, 0.3) is 0 Å². The summed E-state index contributed by atoms with van der Waals surface area (Å²) in [6, 6.07) is 47.1. The molecule has 1 N–H and O–H groups in total. The van der Waals surface area contributed by atoms with Crippen molar-refractivity contribution in [3.8, 4) is 11.5 Å². The molecule has 272 valence electrons. The summed E-state index contributed by atoms with van der Waals surface area (Å²) < 4.78 is 65.7. The second-order valence-electron chi connectivity index (χ2n) is 13.0. The van der Waals surface area contributed by atoms with Crippen LogP contribution >= 0.6 is 0 Å². The standard InChI is InChI=1S/C45H38F3N3O3/c1-43(39-29-36(23-28-40(39)46)50-41(31-13-7-4-8-14-31)32-15-9-5-10-16-32)44(47,48)30-49-42(54-43)51-45(33-17-11-6-12-18-33,34-19-24-37(52-2)25-20-34)35-21-26-38(53-3)27-22-35/h4-29H,30H2,1-3H3,(H,49,51)/t43-/m1/s1. The van der Waals surface area contributed by atoms with Crippen molar-refractivity contribution in [3.05, 3.63) is 197 Å². The van der Waals surface area contributed by atoms with Gasteiger partial charge in [-0.15, -0.1) is 0 Å². The first-order chi connectivity index (χ1) is 26.2. The van der Waals surface area contributed by atoms with Crippen molar-refractivity contribution in [2.45, 2.75) is 24.0 Å². The molecule has 1 heterocycles. The van der Waals surface area contributed by atoms with Crippen LogP contribution in [0.1, 0.15) is 40.3 Å². The summed E-state index contributed by atoms with van der Waals surface area (Å²) in [6.07, 6.45) is 0. The molecule has 1 aliphatic heterocycles. The van der Waals surface area contributed by atoms with Gasteiger partial charge >= 0.3 is 5.92 Å². The van der Waals surface area contributed by atoms with Gasteiger partial charge in [0.25, 0.3) is 6.02 Å². The molecule has 0 aromatic heterocycles. The van der Waals surface area contributed by atoms with Gasteiger partial charge in [-0.25, -0.2) is 14.4 Å². The second-order valence-corrected chi connectivity index (χ2v) is 13.0. The SMILES string of the molecule is COc1ccc(C(NC2=NCC(F)(F)[C@@](C)(c3cc(N=C(c4ccccc4)c4ccccc4)ccc3F)O2)(c2ccccc2)c2ccc(OC)cc2)cc1. The average Bonchev–Trinajstić information content (AvgIpc) is 3.22. The molecular weight excluding hydrogens is 688 g/mol. The van der Waals surface area contributed by atoms with E-state index in [-0.39, 0.29) is 17.3 Å². The van der Waals surface area contributed by atoms with E-state index in [1.54, 1.807) is 14.2 Å². The van der Waals surface area contributed by atoms with Crippen molar-refractivity contribution in [1.29, 1.82) is 0 Å². The van der Waals surface area contributed by atoms with Crippen LogP contribution in [0.3, 0.4) is 0 Å². The van der Waals surface area contributed by atoms with Gasteiger partial charge in [-0.2, -0.15) is 8.78 Å². The van der Waals surface area contributed by atoms with Crippen molar-refractivity contribution >= 4 is 17.4 Å². The number of amidine groups is 1. The predicted octanol–water partition coefficient (Wildman–Crippen LogP) is 9.83. The van der Waals surface area contributed by atoms with Gasteiger partial charge in [0.05, 0.1) is 25.6 Å². The molecule has 6 nitrogen and oxygen atoms in total. The monoisotopic (exact) mass is 725 g/mol. The Balaban J connectivity index is 1.34. The number of aliphatic imine (C=N–C) groups is 2. The van der Waals surface area contributed by atoms with Gasteiger partial charge in [0.15, 0.2) is 0 Å². The lowest BCUT2D eigenvalue weighted by Gasteiger charge is -2.44. The first kappa shape index (κ1) is 36.0. The van der Waals surface area contributed by atoms with Crippen LogP contribution in [0.4, 0.5) is 18.9 Å². The van der Waals surface area contributed by atoms with E-state index in [1.165, 1.54) is 19.1 Å². The lowest BCUT2D eigenvalue weighted by molar-refractivity contribution is -0.174. The van der Waals surface area contributed by atoms with Crippen LogP contribution in [0.5, 0.6) is 11.5 Å². The van der Waals surface area contributed by atoms with Crippen LogP contribution in [0.2, 0.25) is 0 Å². The molecule has 9 heteroatoms. The first-order valence-electron chi connectivity index (χ1n) is 17.4. The number of nitrogens with zero attached hydrogens (tertiary/aromatic N) is 2. The van der Waals surface area contributed by atoms with Crippen LogP contribution < -0.4 is 14.8 Å². The summed E-state index contributed by atoms with van der Waals surface area (Å²) in [5.74, 6) is -3.21. The lowest BCUT2D eigenvalue weighted by Crippen LogP contribution is -2.58. The molecule has 0 amide bonds. The van der Waals surface area contributed by atoms with Crippen LogP contribution in [0, 0.1) is 5.82 Å². The third-order valence-corrected chi connectivity index (χ3v) is 9.77. The van der Waals surface area contributed by atoms with Gasteiger partial charge in [0, 0.05) is 16.7 Å². The van der Waals surface area contributed by atoms with Gasteiger partial charge in [-0.3, -0.25) is 0 Å². The number of hydrogen-bond donors (Lipinski definition) is 1. The fourth-order valence-corrected chi connectivity index (χ4v) is 6.75. The van der Waals surface area contributed by atoms with Crippen LogP contribution in [0.15, 0.2) is 168 Å². The van der Waals surface area contributed by atoms with Crippen molar-refractivity contribution < 1.29 is 27.4 Å². The summed E-state index contributed by atoms with van der Waals surface area (Å²) in [6.45, 7) is 0.226. The highest BCUT2D eigenvalue weighted by Crippen LogP contribution is 2.46. The number of alkyl halides is 2. The molecule has 0 spiro atoms. The summed E-state index contributed by atoms with van der Waals surface area (Å²) >= 11 is 0. The molecule has 0 saturated heterocycles. The van der Waals surface area contributed by atoms with Gasteiger partial charge in [0.2, 0.25) is 5.60 Å². The van der Waals surface area contributed by atoms with Crippen molar-refractivity contribution in [2.75, 3.05) is 20.8 Å². The minimum Gasteiger partial charge on any atom is -0.497 e. The molecule has 0 unspecified atom stereocenters. The van der Waals surface area contributed by atoms with Crippen molar-refractivity contribution in [3.63, 3.8) is 0 Å². The molecule has 7 rings (SSSR count). The molecular formula is C45H38F3N3O3. The maximum atomic E-state index is 16.3. The Morgan fingerprint density at radius 2 is 1.17 bits per heavy atom. The van der Waals surface area contributed by atoms with E-state index in [9.17, 15) is 0 Å². The molecule has 6 aromatic carbocycles. The van der Waals surface area contributed by atoms with Gasteiger partial charge in [-0.1, -0.05) is 115 Å². The Labute approximate surface area is 312 Å². The largest absolute Gasteiger partial charge is 0.497 e. The third kappa shape index (κ3) is 6.80. The normalized spacial score (nSPS) is 16.4. The zero-order valence-corrected chi connectivity index (χ0v) is 30.0. The first-order valence-corrected chi connectivity index (χ1v) is 17.4. The smallest absolute Gasteiger partial charge is 0.310 e. The van der Waals surface area contributed by atoms with E-state index in [4.69, 9.17) is 19.2 Å². The lowest BCUT2D eigenvalue weighted by atomic mass is 9.77. The van der Waals surface area contributed by atoms with Crippen molar-refractivity contribution in [1.82, 2.24) is 5.32 Å². The minimum atomic E-state index is -3.61. The molecule has 54 heavy (non-hydrogen) atoms. The highest BCUT2D eigenvalue weighted by molar-refractivity contribution is 6.13. The molecule has 1 aliphatic rings. The van der Waals surface area contributed by atoms with Crippen LogP contribution in [-0.4, -0.2) is 38.4 Å². The summed E-state index contributed by atoms with van der Waals surface area (Å²) in [7, 11) is 3.16. The fraction of sp³-hybridized carbons (Fsp3) is 0.156. The van der Waals surface area contributed by atoms with Gasteiger partial charge < -0.3 is 19.5 Å². The Morgan fingerprint density at radius 1 is 0.685 bits per heavy atom. The third-order valence-electron chi connectivity index (χ3n) is 9.77. The minimum absolute atomic E-state index is 0.193. The molecule has 0 radical (unpaired) electrons. The number of halogens is 3. The average molecular weight is 726 g/mol. The highest BCUT2D eigenvalue weighted by atomic mass is 19.3. The molecule has 0 bridgehead atoms. The van der Waals surface area contributed by atoms with E-state index < -0.39 is 29.4 Å². The zero-order valence-electron chi connectivity index (χ0n) is 30.0. The second kappa shape index (κ2) is 14.9. The maximum Gasteiger partial charge on any atom is 0.310 e.